The second kappa shape index (κ2) is 6.21. The molecule has 110 valence electrons. The molecule has 2 rings (SSSR count). The van der Waals surface area contributed by atoms with Crippen LogP contribution in [0.5, 0.6) is 5.75 Å². The van der Waals surface area contributed by atoms with Crippen molar-refractivity contribution in [2.75, 3.05) is 12.8 Å². The van der Waals surface area contributed by atoms with E-state index in [0.717, 1.165) is 17.7 Å². The van der Waals surface area contributed by atoms with Gasteiger partial charge in [-0.3, -0.25) is 4.79 Å². The van der Waals surface area contributed by atoms with Crippen LogP contribution >= 0.6 is 0 Å². The Bertz CT molecular complexity index is 675. The Hall–Kier alpha value is -2.63. The summed E-state index contributed by atoms with van der Waals surface area (Å²) >= 11 is 0. The monoisotopic (exact) mass is 292 g/mol. The van der Waals surface area contributed by atoms with Crippen molar-refractivity contribution in [3.05, 3.63) is 59.2 Å². The molecule has 1 amide bonds. The molecule has 0 spiro atoms. The zero-order valence-electron chi connectivity index (χ0n) is 11.3. The fourth-order valence-corrected chi connectivity index (χ4v) is 1.90. The zero-order chi connectivity index (χ0) is 15.4. The highest BCUT2D eigenvalue weighted by Crippen LogP contribution is 2.19. The molecule has 0 saturated heterocycles. The van der Waals surface area contributed by atoms with Gasteiger partial charge in [-0.05, 0) is 18.2 Å². The first-order valence-corrected chi connectivity index (χ1v) is 6.17. The van der Waals surface area contributed by atoms with Gasteiger partial charge >= 0.3 is 0 Å². The van der Waals surface area contributed by atoms with E-state index >= 15 is 0 Å². The third-order valence-electron chi connectivity index (χ3n) is 2.94. The van der Waals surface area contributed by atoms with E-state index in [2.05, 4.69) is 5.32 Å². The molecule has 0 unspecified atom stereocenters. The molecule has 0 radical (unpaired) electrons. The van der Waals surface area contributed by atoms with Gasteiger partial charge in [0.25, 0.3) is 5.91 Å². The Morgan fingerprint density at radius 3 is 2.71 bits per heavy atom. The van der Waals surface area contributed by atoms with Crippen LogP contribution < -0.4 is 15.8 Å². The van der Waals surface area contributed by atoms with Crippen LogP contribution in [0.2, 0.25) is 0 Å². The Morgan fingerprint density at radius 2 is 2.00 bits per heavy atom. The summed E-state index contributed by atoms with van der Waals surface area (Å²) in [6, 6.07) is 8.70. The van der Waals surface area contributed by atoms with Gasteiger partial charge in [0.1, 0.15) is 11.6 Å². The van der Waals surface area contributed by atoms with Crippen LogP contribution in [0.4, 0.5) is 14.5 Å². The first-order chi connectivity index (χ1) is 10.0. The predicted molar refractivity (Wildman–Crippen MR) is 74.9 cm³/mol. The van der Waals surface area contributed by atoms with Gasteiger partial charge in [0, 0.05) is 12.1 Å². The highest BCUT2D eigenvalue weighted by atomic mass is 19.1. The Balaban J connectivity index is 2.16. The van der Waals surface area contributed by atoms with Crippen LogP contribution in [-0.2, 0) is 6.54 Å². The molecule has 2 aromatic carbocycles. The van der Waals surface area contributed by atoms with Crippen molar-refractivity contribution in [3.8, 4) is 5.75 Å². The third kappa shape index (κ3) is 3.28. The van der Waals surface area contributed by atoms with Gasteiger partial charge < -0.3 is 15.8 Å². The van der Waals surface area contributed by atoms with Crippen molar-refractivity contribution >= 4 is 11.6 Å². The molecule has 0 aliphatic carbocycles. The van der Waals surface area contributed by atoms with E-state index in [1.807, 2.05) is 0 Å². The fourth-order valence-electron chi connectivity index (χ4n) is 1.90. The van der Waals surface area contributed by atoms with Crippen LogP contribution in [0.15, 0.2) is 36.4 Å². The number of methoxy groups -OCH3 is 1. The van der Waals surface area contributed by atoms with E-state index in [4.69, 9.17) is 10.5 Å². The minimum atomic E-state index is -0.936. The molecular weight excluding hydrogens is 278 g/mol. The molecule has 3 N–H and O–H groups in total. The van der Waals surface area contributed by atoms with E-state index < -0.39 is 28.8 Å². The number of nitrogens with one attached hydrogen (secondary N) is 1. The largest absolute Gasteiger partial charge is 0.496 e. The second-order valence-corrected chi connectivity index (χ2v) is 4.35. The van der Waals surface area contributed by atoms with Crippen molar-refractivity contribution in [1.29, 1.82) is 0 Å². The molecule has 2 aromatic rings. The maximum atomic E-state index is 13.7. The summed E-state index contributed by atoms with van der Waals surface area (Å²) in [6.07, 6.45) is 0. The minimum Gasteiger partial charge on any atom is -0.496 e. The van der Waals surface area contributed by atoms with Crippen molar-refractivity contribution in [2.45, 2.75) is 6.54 Å². The lowest BCUT2D eigenvalue weighted by atomic mass is 10.1. The molecule has 4 nitrogen and oxygen atoms in total. The summed E-state index contributed by atoms with van der Waals surface area (Å²) in [5.41, 5.74) is 5.18. The van der Waals surface area contributed by atoms with Crippen LogP contribution in [0, 0.1) is 11.6 Å². The van der Waals surface area contributed by atoms with E-state index in [1.54, 1.807) is 24.3 Å². The molecule has 0 heterocycles. The number of hydrogen-bond donors (Lipinski definition) is 2. The fraction of sp³-hybridized carbons (Fsp3) is 0.133. The molecule has 0 aliphatic heterocycles. The van der Waals surface area contributed by atoms with Crippen LogP contribution in [0.1, 0.15) is 15.9 Å². The van der Waals surface area contributed by atoms with Gasteiger partial charge in [-0.25, -0.2) is 8.78 Å². The SMILES string of the molecule is COc1ccccc1CNC(=O)c1cc(F)cc(N)c1F. The molecule has 0 atom stereocenters. The van der Waals surface area contributed by atoms with E-state index in [9.17, 15) is 13.6 Å². The molecule has 0 aliphatic rings. The Kier molecular flexibility index (Phi) is 4.37. The lowest BCUT2D eigenvalue weighted by Gasteiger charge is -2.10. The minimum absolute atomic E-state index is 0.124. The van der Waals surface area contributed by atoms with Gasteiger partial charge in [0.05, 0.1) is 18.4 Å². The van der Waals surface area contributed by atoms with E-state index in [0.29, 0.717) is 5.75 Å². The first kappa shape index (κ1) is 14.8. The highest BCUT2D eigenvalue weighted by molar-refractivity contribution is 5.95. The number of nitrogens with two attached hydrogens (primary N) is 1. The molecule has 0 fully saturated rings. The molecular formula is C15H14F2N2O2. The summed E-state index contributed by atoms with van der Waals surface area (Å²) < 4.78 is 32.1. The maximum absolute atomic E-state index is 13.7. The van der Waals surface area contributed by atoms with Crippen molar-refractivity contribution < 1.29 is 18.3 Å². The van der Waals surface area contributed by atoms with Gasteiger partial charge in [0.15, 0.2) is 5.82 Å². The number of hydrogen-bond acceptors (Lipinski definition) is 3. The Morgan fingerprint density at radius 1 is 1.29 bits per heavy atom. The number of rotatable bonds is 4. The maximum Gasteiger partial charge on any atom is 0.254 e. The van der Waals surface area contributed by atoms with E-state index in [1.165, 1.54) is 7.11 Å². The van der Waals surface area contributed by atoms with Crippen molar-refractivity contribution in [2.24, 2.45) is 0 Å². The number of benzene rings is 2. The number of amides is 1. The summed E-state index contributed by atoms with van der Waals surface area (Å²) in [5.74, 6) is -1.85. The molecule has 0 saturated carbocycles. The summed E-state index contributed by atoms with van der Waals surface area (Å²) in [4.78, 5) is 11.9. The number of carbonyl (C=O) groups excluding carboxylic acids is 1. The summed E-state index contributed by atoms with van der Waals surface area (Å²) in [6.45, 7) is 0.124. The number of para-hydroxylation sites is 1. The smallest absolute Gasteiger partial charge is 0.254 e. The first-order valence-electron chi connectivity index (χ1n) is 6.17. The number of ether oxygens (including phenoxy) is 1. The molecule has 6 heteroatoms. The lowest BCUT2D eigenvalue weighted by Crippen LogP contribution is -2.24. The molecule has 21 heavy (non-hydrogen) atoms. The lowest BCUT2D eigenvalue weighted by molar-refractivity contribution is 0.0946. The van der Waals surface area contributed by atoms with E-state index in [-0.39, 0.29) is 6.54 Å². The Labute approximate surface area is 120 Å². The standard InChI is InChI=1S/C15H14F2N2O2/c1-21-13-5-3-2-4-9(13)8-19-15(20)11-6-10(16)7-12(18)14(11)17/h2-7H,8,18H2,1H3,(H,19,20). The number of anilines is 1. The third-order valence-corrected chi connectivity index (χ3v) is 2.94. The highest BCUT2D eigenvalue weighted by Gasteiger charge is 2.16. The zero-order valence-corrected chi connectivity index (χ0v) is 11.3. The van der Waals surface area contributed by atoms with Gasteiger partial charge in [-0.15, -0.1) is 0 Å². The average molecular weight is 292 g/mol. The summed E-state index contributed by atoms with van der Waals surface area (Å²) in [7, 11) is 1.51. The van der Waals surface area contributed by atoms with Crippen LogP contribution in [0.25, 0.3) is 0 Å². The van der Waals surface area contributed by atoms with Gasteiger partial charge in [-0.1, -0.05) is 18.2 Å². The van der Waals surface area contributed by atoms with Crippen LogP contribution in [-0.4, -0.2) is 13.0 Å². The normalized spacial score (nSPS) is 10.2. The molecule has 0 aromatic heterocycles. The van der Waals surface area contributed by atoms with Gasteiger partial charge in [-0.2, -0.15) is 0 Å². The predicted octanol–water partition coefficient (Wildman–Crippen LogP) is 2.49. The number of nitrogen functional groups attached to an aromatic ring is 1. The molecule has 0 bridgehead atoms. The van der Waals surface area contributed by atoms with Crippen molar-refractivity contribution in [3.63, 3.8) is 0 Å². The topological polar surface area (TPSA) is 64.3 Å². The van der Waals surface area contributed by atoms with Gasteiger partial charge in [0.2, 0.25) is 0 Å². The number of halogens is 2. The van der Waals surface area contributed by atoms with Crippen molar-refractivity contribution in [1.82, 2.24) is 5.32 Å². The number of carbonyl (C=O) groups is 1. The second-order valence-electron chi connectivity index (χ2n) is 4.35. The quantitative estimate of drug-likeness (QED) is 0.851. The average Bonchev–Trinajstić information content (AvgIpc) is 2.48. The van der Waals surface area contributed by atoms with Crippen LogP contribution in [0.3, 0.4) is 0 Å². The summed E-state index contributed by atoms with van der Waals surface area (Å²) in [5, 5.41) is 2.50.